The Bertz CT molecular complexity index is 407. The van der Waals surface area contributed by atoms with E-state index in [-0.39, 0.29) is 11.7 Å². The molecule has 1 N–H and O–H groups in total. The van der Waals surface area contributed by atoms with Gasteiger partial charge in [-0.25, -0.2) is 0 Å². The molecule has 4 nitrogen and oxygen atoms in total. The Labute approximate surface area is 110 Å². The van der Waals surface area contributed by atoms with Crippen LogP contribution in [-0.4, -0.2) is 55.0 Å². The highest BCUT2D eigenvalue weighted by Crippen LogP contribution is 2.23. The van der Waals surface area contributed by atoms with Gasteiger partial charge in [0.15, 0.2) is 0 Å². The van der Waals surface area contributed by atoms with Gasteiger partial charge in [0.25, 0.3) is 5.91 Å². The minimum absolute atomic E-state index is 0.000998. The number of hydrogen-bond donors (Lipinski definition) is 1. The number of phenols is 1. The summed E-state index contributed by atoms with van der Waals surface area (Å²) in [6.45, 7) is 1.42. The molecule has 0 aliphatic rings. The smallest absolute Gasteiger partial charge is 0.257 e. The lowest BCUT2D eigenvalue weighted by Gasteiger charge is -2.20. The quantitative estimate of drug-likeness (QED) is 0.922. The number of halogens is 1. The molecule has 17 heavy (non-hydrogen) atoms. The predicted molar refractivity (Wildman–Crippen MR) is 71.3 cm³/mol. The van der Waals surface area contributed by atoms with E-state index in [0.29, 0.717) is 12.1 Å². The van der Waals surface area contributed by atoms with E-state index in [4.69, 9.17) is 0 Å². The molecule has 1 aromatic rings. The van der Waals surface area contributed by atoms with Gasteiger partial charge < -0.3 is 14.9 Å². The number of aromatic hydroxyl groups is 1. The first-order valence-corrected chi connectivity index (χ1v) is 6.10. The van der Waals surface area contributed by atoms with Crippen LogP contribution in [0.4, 0.5) is 0 Å². The highest BCUT2D eigenvalue weighted by Gasteiger charge is 2.15. The monoisotopic (exact) mass is 300 g/mol. The van der Waals surface area contributed by atoms with Crippen molar-refractivity contribution in [1.82, 2.24) is 9.80 Å². The second-order valence-corrected chi connectivity index (χ2v) is 5.11. The van der Waals surface area contributed by atoms with Gasteiger partial charge in [-0.15, -0.1) is 0 Å². The number of likely N-dealkylation sites (N-methyl/N-ethyl adjacent to an activating group) is 2. The van der Waals surface area contributed by atoms with E-state index < -0.39 is 0 Å². The van der Waals surface area contributed by atoms with Crippen molar-refractivity contribution in [3.8, 4) is 5.75 Å². The van der Waals surface area contributed by atoms with Crippen molar-refractivity contribution < 1.29 is 9.90 Å². The van der Waals surface area contributed by atoms with E-state index in [1.807, 2.05) is 19.0 Å². The number of carbonyl (C=O) groups is 1. The lowest BCUT2D eigenvalue weighted by atomic mass is 10.2. The van der Waals surface area contributed by atoms with Crippen LogP contribution in [0.15, 0.2) is 22.7 Å². The van der Waals surface area contributed by atoms with Crippen molar-refractivity contribution in [2.24, 2.45) is 0 Å². The minimum atomic E-state index is -0.170. The molecule has 1 aromatic carbocycles. The summed E-state index contributed by atoms with van der Waals surface area (Å²) in [5, 5.41) is 9.70. The molecule has 0 radical (unpaired) electrons. The van der Waals surface area contributed by atoms with Gasteiger partial charge in [-0.05, 0) is 32.3 Å². The van der Waals surface area contributed by atoms with E-state index in [1.54, 1.807) is 24.1 Å². The average Bonchev–Trinajstić information content (AvgIpc) is 2.25. The third-order valence-corrected chi connectivity index (χ3v) is 2.91. The lowest BCUT2D eigenvalue weighted by molar-refractivity contribution is 0.0783. The zero-order chi connectivity index (χ0) is 13.0. The van der Waals surface area contributed by atoms with Crippen LogP contribution in [0, 0.1) is 0 Å². The van der Waals surface area contributed by atoms with Gasteiger partial charge in [-0.3, -0.25) is 4.79 Å². The van der Waals surface area contributed by atoms with Crippen LogP contribution in [0.25, 0.3) is 0 Å². The molecule has 0 unspecified atom stereocenters. The van der Waals surface area contributed by atoms with Crippen molar-refractivity contribution >= 4 is 21.8 Å². The molecule has 5 heteroatoms. The molecule has 0 saturated carbocycles. The molecule has 0 heterocycles. The van der Waals surface area contributed by atoms with Crippen molar-refractivity contribution in [1.29, 1.82) is 0 Å². The van der Waals surface area contributed by atoms with Crippen LogP contribution in [0.5, 0.6) is 5.75 Å². The van der Waals surface area contributed by atoms with Gasteiger partial charge in [-0.2, -0.15) is 0 Å². The van der Waals surface area contributed by atoms with Crippen LogP contribution >= 0.6 is 15.9 Å². The summed E-state index contributed by atoms with van der Waals surface area (Å²) >= 11 is 3.24. The molecule has 0 saturated heterocycles. The fourth-order valence-electron chi connectivity index (χ4n) is 1.34. The zero-order valence-electron chi connectivity index (χ0n) is 10.3. The number of carbonyl (C=O) groups excluding carboxylic acids is 1. The number of nitrogens with zero attached hydrogens (tertiary/aromatic N) is 2. The molecule has 0 fully saturated rings. The highest BCUT2D eigenvalue weighted by molar-refractivity contribution is 9.10. The van der Waals surface area contributed by atoms with Crippen LogP contribution < -0.4 is 0 Å². The predicted octanol–water partition coefficient (Wildman–Crippen LogP) is 1.79. The first-order valence-electron chi connectivity index (χ1n) is 5.30. The van der Waals surface area contributed by atoms with Crippen molar-refractivity contribution in [3.05, 3.63) is 28.2 Å². The van der Waals surface area contributed by atoms with Crippen molar-refractivity contribution in [2.45, 2.75) is 0 Å². The van der Waals surface area contributed by atoms with Crippen molar-refractivity contribution in [3.63, 3.8) is 0 Å². The highest BCUT2D eigenvalue weighted by atomic mass is 79.9. The minimum Gasteiger partial charge on any atom is -0.507 e. The molecule has 0 atom stereocenters. The number of rotatable bonds is 4. The molecule has 1 amide bonds. The second-order valence-electron chi connectivity index (χ2n) is 4.19. The van der Waals surface area contributed by atoms with Gasteiger partial charge in [0.1, 0.15) is 5.75 Å². The van der Waals surface area contributed by atoms with Crippen LogP contribution in [0.1, 0.15) is 10.4 Å². The Morgan fingerprint density at radius 2 is 1.94 bits per heavy atom. The zero-order valence-corrected chi connectivity index (χ0v) is 11.9. The second kappa shape index (κ2) is 6.02. The number of phenolic OH excluding ortho intramolecular Hbond substituents is 1. The van der Waals surface area contributed by atoms with E-state index in [2.05, 4.69) is 15.9 Å². The molecule has 94 valence electrons. The molecule has 0 bridgehead atoms. The largest absolute Gasteiger partial charge is 0.507 e. The first kappa shape index (κ1) is 14.0. The normalized spacial score (nSPS) is 10.6. The van der Waals surface area contributed by atoms with Gasteiger partial charge in [0.2, 0.25) is 0 Å². The summed E-state index contributed by atoms with van der Waals surface area (Å²) in [5.41, 5.74) is 0.328. The SMILES string of the molecule is CN(C)CCN(C)C(=O)c1ccc(Br)cc1O. The summed E-state index contributed by atoms with van der Waals surface area (Å²) < 4.78 is 0.752. The molecule has 0 aliphatic carbocycles. The molecular formula is C12H17BrN2O2. The fourth-order valence-corrected chi connectivity index (χ4v) is 1.69. The Morgan fingerprint density at radius 3 is 2.47 bits per heavy atom. The maximum Gasteiger partial charge on any atom is 0.257 e. The summed E-state index contributed by atoms with van der Waals surface area (Å²) in [4.78, 5) is 15.6. The van der Waals surface area contributed by atoms with Gasteiger partial charge >= 0.3 is 0 Å². The number of hydrogen-bond acceptors (Lipinski definition) is 3. The van der Waals surface area contributed by atoms with E-state index in [0.717, 1.165) is 11.0 Å². The molecule has 0 aliphatic heterocycles. The lowest BCUT2D eigenvalue weighted by Crippen LogP contribution is -2.33. The standard InChI is InChI=1S/C12H17BrN2O2/c1-14(2)6-7-15(3)12(17)10-5-4-9(13)8-11(10)16/h4-5,8,16H,6-7H2,1-3H3. The summed E-state index contributed by atoms with van der Waals surface area (Å²) in [6.07, 6.45) is 0. The Morgan fingerprint density at radius 1 is 1.29 bits per heavy atom. The number of amides is 1. The van der Waals surface area contributed by atoms with Gasteiger partial charge in [-0.1, -0.05) is 15.9 Å². The average molecular weight is 301 g/mol. The third-order valence-electron chi connectivity index (χ3n) is 2.42. The Balaban J connectivity index is 2.75. The molecular weight excluding hydrogens is 284 g/mol. The molecule has 1 rings (SSSR count). The molecule has 0 aromatic heterocycles. The topological polar surface area (TPSA) is 43.8 Å². The maximum absolute atomic E-state index is 12.0. The number of benzene rings is 1. The van der Waals surface area contributed by atoms with Crippen LogP contribution in [-0.2, 0) is 0 Å². The third kappa shape index (κ3) is 4.02. The van der Waals surface area contributed by atoms with E-state index >= 15 is 0 Å². The summed E-state index contributed by atoms with van der Waals surface area (Å²) in [5.74, 6) is -0.169. The fraction of sp³-hybridized carbons (Fsp3) is 0.417. The Hall–Kier alpha value is -1.07. The Kier molecular flexibility index (Phi) is 4.96. The first-order chi connectivity index (χ1) is 7.91. The van der Waals surface area contributed by atoms with Gasteiger partial charge in [0, 0.05) is 24.6 Å². The summed E-state index contributed by atoms with van der Waals surface area (Å²) in [6, 6.07) is 4.88. The molecule has 0 spiro atoms. The van der Waals surface area contributed by atoms with Crippen LogP contribution in [0.2, 0.25) is 0 Å². The van der Waals surface area contributed by atoms with Crippen LogP contribution in [0.3, 0.4) is 0 Å². The van der Waals surface area contributed by atoms with Crippen molar-refractivity contribution in [2.75, 3.05) is 34.2 Å². The van der Waals surface area contributed by atoms with Gasteiger partial charge in [0.05, 0.1) is 5.56 Å². The van der Waals surface area contributed by atoms with E-state index in [9.17, 15) is 9.90 Å². The summed E-state index contributed by atoms with van der Waals surface area (Å²) in [7, 11) is 5.64. The van der Waals surface area contributed by atoms with E-state index in [1.165, 1.54) is 6.07 Å². The maximum atomic E-state index is 12.0.